The van der Waals surface area contributed by atoms with E-state index < -0.39 is 0 Å². The van der Waals surface area contributed by atoms with Gasteiger partial charge in [-0.25, -0.2) is 0 Å². The van der Waals surface area contributed by atoms with Gasteiger partial charge in [0.05, 0.1) is 12.5 Å². The minimum absolute atomic E-state index is 0.776. The normalized spacial score (nSPS) is 10.3. The number of rotatable bonds is 1. The summed E-state index contributed by atoms with van der Waals surface area (Å²) in [6.45, 7) is 1.98. The molecule has 0 fully saturated rings. The molecule has 2 aromatic rings. The molecule has 0 saturated heterocycles. The van der Waals surface area contributed by atoms with Crippen molar-refractivity contribution < 1.29 is 8.83 Å². The monoisotopic (exact) mass is 148 g/mol. The van der Waals surface area contributed by atoms with Crippen LogP contribution in [0.5, 0.6) is 0 Å². The van der Waals surface area contributed by atoms with Crippen molar-refractivity contribution in [3.8, 4) is 11.5 Å². The Morgan fingerprint density at radius 3 is 2.64 bits per heavy atom. The van der Waals surface area contributed by atoms with Gasteiger partial charge in [-0.3, -0.25) is 0 Å². The Bertz CT molecular complexity index is 330. The molecule has 2 heterocycles. The fraction of sp³-hybridized carbons (Fsp3) is 0.111. The summed E-state index contributed by atoms with van der Waals surface area (Å²) in [6, 6.07) is 5.66. The first-order chi connectivity index (χ1) is 5.36. The van der Waals surface area contributed by atoms with Crippen LogP contribution in [-0.2, 0) is 0 Å². The van der Waals surface area contributed by atoms with Crippen molar-refractivity contribution in [1.29, 1.82) is 0 Å². The third-order valence-electron chi connectivity index (χ3n) is 1.49. The Morgan fingerprint density at radius 2 is 2.09 bits per heavy atom. The van der Waals surface area contributed by atoms with Crippen LogP contribution in [0.25, 0.3) is 11.5 Å². The van der Waals surface area contributed by atoms with Crippen molar-refractivity contribution in [3.63, 3.8) is 0 Å². The molecule has 2 rings (SSSR count). The lowest BCUT2D eigenvalue weighted by Gasteiger charge is -1.85. The molecule has 0 aromatic carbocycles. The molecule has 2 nitrogen and oxygen atoms in total. The van der Waals surface area contributed by atoms with Crippen molar-refractivity contribution in [1.82, 2.24) is 0 Å². The molecule has 0 aliphatic heterocycles. The summed E-state index contributed by atoms with van der Waals surface area (Å²) in [5, 5.41) is 0. The summed E-state index contributed by atoms with van der Waals surface area (Å²) in [6.07, 6.45) is 3.34. The summed E-state index contributed by atoms with van der Waals surface area (Å²) in [4.78, 5) is 0. The fourth-order valence-corrected chi connectivity index (χ4v) is 0.979. The van der Waals surface area contributed by atoms with Gasteiger partial charge >= 0.3 is 0 Å². The Kier molecular flexibility index (Phi) is 1.32. The summed E-state index contributed by atoms with van der Waals surface area (Å²) in [5.74, 6) is 1.56. The van der Waals surface area contributed by atoms with E-state index in [1.165, 1.54) is 0 Å². The first-order valence-electron chi connectivity index (χ1n) is 3.45. The Hall–Kier alpha value is -1.44. The lowest BCUT2D eigenvalue weighted by atomic mass is 10.3. The number of aryl methyl sites for hydroxylation is 1. The second-order valence-electron chi connectivity index (χ2n) is 2.47. The fourth-order valence-electron chi connectivity index (χ4n) is 0.979. The van der Waals surface area contributed by atoms with Gasteiger partial charge in [0, 0.05) is 0 Å². The highest BCUT2D eigenvalue weighted by Gasteiger charge is 2.03. The minimum Gasteiger partial charge on any atom is -0.461 e. The molecule has 0 unspecified atom stereocenters. The van der Waals surface area contributed by atoms with E-state index in [2.05, 4.69) is 0 Å². The van der Waals surface area contributed by atoms with Crippen LogP contribution in [0.1, 0.15) is 5.56 Å². The van der Waals surface area contributed by atoms with E-state index in [1.807, 2.05) is 25.1 Å². The van der Waals surface area contributed by atoms with E-state index >= 15 is 0 Å². The SMILES string of the molecule is Cc1coc(-c2ccco2)c1. The van der Waals surface area contributed by atoms with Crippen LogP contribution in [0.4, 0.5) is 0 Å². The molecule has 0 saturated carbocycles. The van der Waals surface area contributed by atoms with Crippen molar-refractivity contribution in [2.75, 3.05) is 0 Å². The first-order valence-corrected chi connectivity index (χ1v) is 3.45. The summed E-state index contributed by atoms with van der Waals surface area (Å²) in [5.41, 5.74) is 1.11. The minimum atomic E-state index is 0.776. The van der Waals surface area contributed by atoms with Gasteiger partial charge in [-0.05, 0) is 30.7 Å². The van der Waals surface area contributed by atoms with Crippen LogP contribution in [0, 0.1) is 6.92 Å². The van der Waals surface area contributed by atoms with E-state index in [-0.39, 0.29) is 0 Å². The van der Waals surface area contributed by atoms with Crippen molar-refractivity contribution in [2.24, 2.45) is 0 Å². The third kappa shape index (κ3) is 1.07. The molecule has 0 N–H and O–H groups in total. The number of hydrogen-bond donors (Lipinski definition) is 0. The number of hydrogen-bond acceptors (Lipinski definition) is 2. The second kappa shape index (κ2) is 2.31. The van der Waals surface area contributed by atoms with Crippen LogP contribution in [0.15, 0.2) is 39.6 Å². The summed E-state index contributed by atoms with van der Waals surface area (Å²) in [7, 11) is 0. The lowest BCUT2D eigenvalue weighted by Crippen LogP contribution is -1.63. The zero-order valence-electron chi connectivity index (χ0n) is 6.20. The summed E-state index contributed by atoms with van der Waals surface area (Å²) >= 11 is 0. The van der Waals surface area contributed by atoms with Crippen LogP contribution < -0.4 is 0 Å². The van der Waals surface area contributed by atoms with Crippen molar-refractivity contribution in [2.45, 2.75) is 6.92 Å². The molecular formula is C9H8O2. The van der Waals surface area contributed by atoms with Gasteiger partial charge in [0.2, 0.25) is 0 Å². The van der Waals surface area contributed by atoms with Gasteiger partial charge in [0.25, 0.3) is 0 Å². The lowest BCUT2D eigenvalue weighted by molar-refractivity contribution is 0.524. The van der Waals surface area contributed by atoms with E-state index in [0.29, 0.717) is 0 Å². The van der Waals surface area contributed by atoms with Gasteiger partial charge < -0.3 is 8.83 Å². The highest BCUT2D eigenvalue weighted by Crippen LogP contribution is 2.21. The Morgan fingerprint density at radius 1 is 1.18 bits per heavy atom. The van der Waals surface area contributed by atoms with E-state index in [9.17, 15) is 0 Å². The van der Waals surface area contributed by atoms with Crippen molar-refractivity contribution in [3.05, 3.63) is 36.3 Å². The zero-order chi connectivity index (χ0) is 7.68. The zero-order valence-corrected chi connectivity index (χ0v) is 6.20. The van der Waals surface area contributed by atoms with Crippen LogP contribution in [0.2, 0.25) is 0 Å². The maximum Gasteiger partial charge on any atom is 0.169 e. The van der Waals surface area contributed by atoms with Gasteiger partial charge in [-0.1, -0.05) is 0 Å². The molecule has 56 valence electrons. The average Bonchev–Trinajstić information content (AvgIpc) is 2.55. The Labute approximate surface area is 64.4 Å². The number of furan rings is 2. The average molecular weight is 148 g/mol. The molecule has 2 heteroatoms. The summed E-state index contributed by atoms with van der Waals surface area (Å²) < 4.78 is 10.4. The smallest absolute Gasteiger partial charge is 0.169 e. The molecule has 0 aliphatic rings. The topological polar surface area (TPSA) is 26.3 Å². The van der Waals surface area contributed by atoms with Gasteiger partial charge in [0.15, 0.2) is 11.5 Å². The molecule has 0 radical (unpaired) electrons. The highest BCUT2D eigenvalue weighted by atomic mass is 16.4. The predicted octanol–water partition coefficient (Wildman–Crippen LogP) is 2.85. The maximum absolute atomic E-state index is 5.21. The van der Waals surface area contributed by atoms with Crippen molar-refractivity contribution >= 4 is 0 Å². The standard InChI is InChI=1S/C9H8O2/c1-7-5-9(11-6-7)8-3-2-4-10-8/h2-6H,1H3. The highest BCUT2D eigenvalue weighted by molar-refractivity contribution is 5.50. The quantitative estimate of drug-likeness (QED) is 0.621. The molecule has 0 spiro atoms. The third-order valence-corrected chi connectivity index (χ3v) is 1.49. The van der Waals surface area contributed by atoms with Crippen LogP contribution >= 0.6 is 0 Å². The molecular weight excluding hydrogens is 140 g/mol. The van der Waals surface area contributed by atoms with Crippen LogP contribution in [-0.4, -0.2) is 0 Å². The largest absolute Gasteiger partial charge is 0.461 e. The molecule has 0 atom stereocenters. The first kappa shape index (κ1) is 6.28. The molecule has 2 aromatic heterocycles. The van der Waals surface area contributed by atoms with Gasteiger partial charge in [-0.2, -0.15) is 0 Å². The van der Waals surface area contributed by atoms with Gasteiger partial charge in [-0.15, -0.1) is 0 Å². The molecule has 0 amide bonds. The maximum atomic E-state index is 5.21. The predicted molar refractivity (Wildman–Crippen MR) is 41.1 cm³/mol. The van der Waals surface area contributed by atoms with E-state index in [1.54, 1.807) is 12.5 Å². The Balaban J connectivity index is 2.45. The second-order valence-corrected chi connectivity index (χ2v) is 2.47. The molecule has 0 bridgehead atoms. The van der Waals surface area contributed by atoms with Crippen LogP contribution in [0.3, 0.4) is 0 Å². The van der Waals surface area contributed by atoms with Gasteiger partial charge in [0.1, 0.15) is 0 Å². The van der Waals surface area contributed by atoms with E-state index in [0.717, 1.165) is 17.1 Å². The molecule has 0 aliphatic carbocycles. The van der Waals surface area contributed by atoms with E-state index in [4.69, 9.17) is 8.83 Å². The molecule has 11 heavy (non-hydrogen) atoms.